The summed E-state index contributed by atoms with van der Waals surface area (Å²) < 4.78 is 0. The lowest BCUT2D eigenvalue weighted by atomic mass is 9.96. The third-order valence-electron chi connectivity index (χ3n) is 4.23. The Morgan fingerprint density at radius 2 is 1.76 bits per heavy atom. The van der Waals surface area contributed by atoms with Crippen LogP contribution in [0.15, 0.2) is 24.3 Å². The van der Waals surface area contributed by atoms with Crippen molar-refractivity contribution in [2.75, 3.05) is 19.6 Å². The Balaban J connectivity index is 2.00. The highest BCUT2D eigenvalue weighted by Crippen LogP contribution is 2.19. The van der Waals surface area contributed by atoms with Crippen LogP contribution in [0.3, 0.4) is 0 Å². The molecule has 1 fully saturated rings. The summed E-state index contributed by atoms with van der Waals surface area (Å²) in [5.74, 6) is -1.71. The number of likely N-dealkylation sites (tertiary alicyclic amines) is 1. The zero-order valence-electron chi connectivity index (χ0n) is 15.0. The number of aliphatic carboxylic acids is 1. The molecule has 2 amide bonds. The summed E-state index contributed by atoms with van der Waals surface area (Å²) in [5, 5.41) is 12.0. The van der Waals surface area contributed by atoms with Crippen molar-refractivity contribution in [3.8, 4) is 0 Å². The fourth-order valence-electron chi connectivity index (χ4n) is 2.76. The van der Waals surface area contributed by atoms with Gasteiger partial charge in [0, 0.05) is 30.8 Å². The maximum atomic E-state index is 12.5. The van der Waals surface area contributed by atoms with E-state index in [9.17, 15) is 14.4 Å². The number of carbonyl (C=O) groups excluding carboxylic acids is 2. The van der Waals surface area contributed by atoms with Crippen LogP contribution in [-0.2, 0) is 4.79 Å². The number of rotatable bonds is 4. The van der Waals surface area contributed by atoms with Gasteiger partial charge in [-0.25, -0.2) is 0 Å². The van der Waals surface area contributed by atoms with Gasteiger partial charge >= 0.3 is 5.97 Å². The minimum absolute atomic E-state index is 0.000506. The first-order valence-electron chi connectivity index (χ1n) is 8.58. The summed E-state index contributed by atoms with van der Waals surface area (Å²) in [7, 11) is 0. The summed E-state index contributed by atoms with van der Waals surface area (Å²) in [6, 6.07) is 6.51. The van der Waals surface area contributed by atoms with E-state index in [4.69, 9.17) is 5.11 Å². The second-order valence-corrected chi connectivity index (χ2v) is 7.75. The van der Waals surface area contributed by atoms with Gasteiger partial charge in [-0.3, -0.25) is 14.4 Å². The third kappa shape index (κ3) is 5.31. The van der Waals surface area contributed by atoms with Crippen molar-refractivity contribution in [3.05, 3.63) is 35.4 Å². The van der Waals surface area contributed by atoms with Gasteiger partial charge in [0.05, 0.1) is 5.92 Å². The first-order valence-corrected chi connectivity index (χ1v) is 8.58. The highest BCUT2D eigenvalue weighted by molar-refractivity contribution is 5.98. The number of carboxylic acid groups (broad SMARTS) is 1. The molecular weight excluding hydrogens is 320 g/mol. The molecule has 1 aromatic carbocycles. The molecule has 0 radical (unpaired) electrons. The zero-order valence-corrected chi connectivity index (χ0v) is 15.0. The number of carboxylic acids is 1. The molecule has 25 heavy (non-hydrogen) atoms. The van der Waals surface area contributed by atoms with E-state index < -0.39 is 11.9 Å². The maximum Gasteiger partial charge on any atom is 0.308 e. The molecule has 0 aliphatic carbocycles. The van der Waals surface area contributed by atoms with Crippen LogP contribution < -0.4 is 5.32 Å². The topological polar surface area (TPSA) is 86.7 Å². The van der Waals surface area contributed by atoms with Crippen molar-refractivity contribution >= 4 is 17.8 Å². The van der Waals surface area contributed by atoms with E-state index in [0.717, 1.165) is 0 Å². The molecule has 0 aromatic heterocycles. The normalized spacial score (nSPS) is 17.9. The van der Waals surface area contributed by atoms with Crippen LogP contribution in [0.2, 0.25) is 0 Å². The number of piperidine rings is 1. The van der Waals surface area contributed by atoms with Crippen molar-refractivity contribution in [2.45, 2.75) is 33.6 Å². The lowest BCUT2D eigenvalue weighted by molar-refractivity contribution is -0.143. The van der Waals surface area contributed by atoms with Gasteiger partial charge < -0.3 is 15.3 Å². The summed E-state index contributed by atoms with van der Waals surface area (Å²) in [6.07, 6.45) is 1.29. The van der Waals surface area contributed by atoms with Gasteiger partial charge in [0.2, 0.25) is 0 Å². The largest absolute Gasteiger partial charge is 0.481 e. The van der Waals surface area contributed by atoms with Crippen molar-refractivity contribution < 1.29 is 19.5 Å². The maximum absolute atomic E-state index is 12.5. The van der Waals surface area contributed by atoms with Crippen molar-refractivity contribution in [1.82, 2.24) is 10.2 Å². The first kappa shape index (κ1) is 19.0. The van der Waals surface area contributed by atoms with E-state index in [0.29, 0.717) is 37.1 Å². The van der Waals surface area contributed by atoms with Crippen LogP contribution in [0, 0.1) is 11.3 Å². The predicted octanol–water partition coefficient (Wildman–Crippen LogP) is 2.40. The van der Waals surface area contributed by atoms with Crippen LogP contribution in [0.1, 0.15) is 54.3 Å². The molecule has 6 nitrogen and oxygen atoms in total. The smallest absolute Gasteiger partial charge is 0.308 e. The third-order valence-corrected chi connectivity index (χ3v) is 4.23. The lowest BCUT2D eigenvalue weighted by Crippen LogP contribution is -2.42. The van der Waals surface area contributed by atoms with Gasteiger partial charge in [0.15, 0.2) is 0 Å². The quantitative estimate of drug-likeness (QED) is 0.876. The highest BCUT2D eigenvalue weighted by atomic mass is 16.4. The number of nitrogens with zero attached hydrogens (tertiary/aromatic N) is 1. The molecule has 0 spiro atoms. The molecule has 2 rings (SSSR count). The van der Waals surface area contributed by atoms with Crippen LogP contribution >= 0.6 is 0 Å². The Morgan fingerprint density at radius 1 is 1.16 bits per heavy atom. The van der Waals surface area contributed by atoms with E-state index in [2.05, 4.69) is 5.32 Å². The minimum atomic E-state index is -0.858. The molecular formula is C19H26N2O4. The molecule has 1 unspecified atom stereocenters. The average Bonchev–Trinajstić information content (AvgIpc) is 2.58. The van der Waals surface area contributed by atoms with E-state index in [1.54, 1.807) is 29.2 Å². The van der Waals surface area contributed by atoms with Gasteiger partial charge in [-0.2, -0.15) is 0 Å². The van der Waals surface area contributed by atoms with Crippen LogP contribution in [0.25, 0.3) is 0 Å². The fraction of sp³-hybridized carbons (Fsp3) is 0.526. The average molecular weight is 346 g/mol. The molecule has 1 heterocycles. The summed E-state index contributed by atoms with van der Waals surface area (Å²) in [4.78, 5) is 37.4. The van der Waals surface area contributed by atoms with Crippen molar-refractivity contribution in [1.29, 1.82) is 0 Å². The second kappa shape index (κ2) is 7.68. The molecule has 6 heteroatoms. The van der Waals surface area contributed by atoms with Gasteiger partial charge in [-0.15, -0.1) is 0 Å². The minimum Gasteiger partial charge on any atom is -0.481 e. The van der Waals surface area contributed by atoms with Crippen LogP contribution in [0.5, 0.6) is 0 Å². The van der Waals surface area contributed by atoms with E-state index in [1.165, 1.54) is 0 Å². The van der Waals surface area contributed by atoms with Crippen molar-refractivity contribution in [2.24, 2.45) is 11.3 Å². The monoisotopic (exact) mass is 346 g/mol. The Morgan fingerprint density at radius 3 is 2.32 bits per heavy atom. The Bertz CT molecular complexity index is 646. The summed E-state index contributed by atoms with van der Waals surface area (Å²) in [5.41, 5.74) is 0.974. The second-order valence-electron chi connectivity index (χ2n) is 7.75. The molecule has 1 saturated heterocycles. The number of hydrogen-bond acceptors (Lipinski definition) is 3. The molecule has 0 bridgehead atoms. The highest BCUT2D eigenvalue weighted by Gasteiger charge is 2.28. The van der Waals surface area contributed by atoms with Gasteiger partial charge in [0.25, 0.3) is 11.8 Å². The Labute approximate surface area is 148 Å². The van der Waals surface area contributed by atoms with Crippen LogP contribution in [0.4, 0.5) is 0 Å². The first-order chi connectivity index (χ1) is 11.7. The van der Waals surface area contributed by atoms with Gasteiger partial charge in [0.1, 0.15) is 0 Å². The van der Waals surface area contributed by atoms with E-state index >= 15 is 0 Å². The zero-order chi connectivity index (χ0) is 18.6. The summed E-state index contributed by atoms with van der Waals surface area (Å²) in [6.45, 7) is 7.49. The molecule has 1 aromatic rings. The molecule has 1 aliphatic rings. The standard InChI is InChI=1S/C19H26N2O4/c1-19(2,3)12-20-16(22)13-6-8-14(9-7-13)17(23)21-10-4-5-15(11-21)18(24)25/h6-9,15H,4-5,10-12H2,1-3H3,(H,20,22)(H,24,25). The lowest BCUT2D eigenvalue weighted by Gasteiger charge is -2.30. The van der Waals surface area contributed by atoms with Crippen molar-refractivity contribution in [3.63, 3.8) is 0 Å². The number of benzene rings is 1. The molecule has 0 saturated carbocycles. The molecule has 1 aliphatic heterocycles. The SMILES string of the molecule is CC(C)(C)CNC(=O)c1ccc(C(=O)N2CCCC(C(=O)O)C2)cc1. The van der Waals surface area contributed by atoms with Gasteiger partial charge in [-0.1, -0.05) is 20.8 Å². The molecule has 2 N–H and O–H groups in total. The fourth-order valence-corrected chi connectivity index (χ4v) is 2.76. The number of nitrogens with one attached hydrogen (secondary N) is 1. The van der Waals surface area contributed by atoms with E-state index in [-0.39, 0.29) is 23.8 Å². The Kier molecular flexibility index (Phi) is 5.82. The van der Waals surface area contributed by atoms with Gasteiger partial charge in [-0.05, 0) is 42.5 Å². The molecule has 136 valence electrons. The predicted molar refractivity (Wildman–Crippen MR) is 94.5 cm³/mol. The number of hydrogen-bond donors (Lipinski definition) is 2. The number of carbonyl (C=O) groups is 3. The Hall–Kier alpha value is -2.37. The van der Waals surface area contributed by atoms with Crippen LogP contribution in [-0.4, -0.2) is 47.4 Å². The van der Waals surface area contributed by atoms with E-state index in [1.807, 2.05) is 20.8 Å². The number of amides is 2. The molecule has 1 atom stereocenters. The summed E-state index contributed by atoms with van der Waals surface area (Å²) >= 11 is 0.